The number of oxazole rings is 1. The Morgan fingerprint density at radius 3 is 2.55 bits per heavy atom. The second kappa shape index (κ2) is 7.22. The topological polar surface area (TPSA) is 90.2 Å². The number of nitrogens with two attached hydrogens (primary N) is 1. The number of aromatic nitrogens is 3. The van der Waals surface area contributed by atoms with Crippen molar-refractivity contribution in [3.05, 3.63) is 65.4 Å². The molecule has 2 atom stereocenters. The van der Waals surface area contributed by atoms with Crippen molar-refractivity contribution in [3.63, 3.8) is 0 Å². The summed E-state index contributed by atoms with van der Waals surface area (Å²) in [5, 5.41) is 0.153. The lowest BCUT2D eigenvalue weighted by Gasteiger charge is -2.34. The van der Waals surface area contributed by atoms with Gasteiger partial charge < -0.3 is 10.2 Å². The number of amidine groups is 1. The van der Waals surface area contributed by atoms with Crippen LogP contribution in [0.3, 0.4) is 0 Å². The van der Waals surface area contributed by atoms with E-state index in [2.05, 4.69) is 19.9 Å². The lowest BCUT2D eigenvalue weighted by atomic mass is 9.85. The second-order valence-electron chi connectivity index (χ2n) is 7.15. The highest BCUT2D eigenvalue weighted by atomic mass is 32.2. The highest BCUT2D eigenvalue weighted by molar-refractivity contribution is 8.14. The Morgan fingerprint density at radius 2 is 1.90 bits per heavy atom. The number of thioether (sulfide) groups is 1. The summed E-state index contributed by atoms with van der Waals surface area (Å²) in [6, 6.07) is 2.34. The molecule has 9 heteroatoms. The minimum Gasteiger partial charge on any atom is -0.446 e. The monoisotopic (exact) mass is 415 g/mol. The van der Waals surface area contributed by atoms with Gasteiger partial charge in [0.2, 0.25) is 0 Å². The quantitative estimate of drug-likeness (QED) is 0.680. The summed E-state index contributed by atoms with van der Waals surface area (Å²) in [6.45, 7) is 5.39. The van der Waals surface area contributed by atoms with Crippen LogP contribution >= 0.6 is 11.8 Å². The molecular weight excluding hydrogens is 396 g/mol. The van der Waals surface area contributed by atoms with Gasteiger partial charge in [-0.3, -0.25) is 4.99 Å². The summed E-state index contributed by atoms with van der Waals surface area (Å²) in [5.41, 5.74) is 6.78. The lowest BCUT2D eigenvalue weighted by molar-refractivity contribution is 0.418. The van der Waals surface area contributed by atoms with Gasteiger partial charge in [0.15, 0.2) is 11.1 Å². The molecule has 0 spiro atoms. The number of aryl methyl sites for hydroxylation is 2. The van der Waals surface area contributed by atoms with Gasteiger partial charge in [-0.15, -0.1) is 0 Å². The van der Waals surface area contributed by atoms with Crippen molar-refractivity contribution in [1.82, 2.24) is 15.0 Å². The Kier molecular flexibility index (Phi) is 4.85. The van der Waals surface area contributed by atoms with Gasteiger partial charge >= 0.3 is 0 Å². The van der Waals surface area contributed by atoms with Crippen LogP contribution < -0.4 is 5.73 Å². The van der Waals surface area contributed by atoms with E-state index < -0.39 is 17.2 Å². The van der Waals surface area contributed by atoms with E-state index in [1.54, 1.807) is 13.8 Å². The van der Waals surface area contributed by atoms with Gasteiger partial charge in [-0.05, 0) is 26.3 Å². The van der Waals surface area contributed by atoms with Crippen molar-refractivity contribution in [1.29, 1.82) is 0 Å². The SMILES string of the molecule is Cc1nc(C2CC(C)(c3cc(-c4cncnc4)c(F)cc3F)N=C(N)S2)c(C)o1. The van der Waals surface area contributed by atoms with Crippen LogP contribution in [0.4, 0.5) is 8.78 Å². The van der Waals surface area contributed by atoms with Crippen LogP contribution in [-0.4, -0.2) is 20.1 Å². The molecule has 1 aliphatic rings. The largest absolute Gasteiger partial charge is 0.446 e. The predicted octanol–water partition coefficient (Wildman–Crippen LogP) is 4.43. The molecular formula is C20H19F2N5OS. The van der Waals surface area contributed by atoms with Gasteiger partial charge in [0.05, 0.1) is 16.5 Å². The Morgan fingerprint density at radius 1 is 1.17 bits per heavy atom. The first-order chi connectivity index (χ1) is 13.8. The summed E-state index contributed by atoms with van der Waals surface area (Å²) in [7, 11) is 0. The number of halogens is 2. The summed E-state index contributed by atoms with van der Waals surface area (Å²) in [4.78, 5) is 16.8. The van der Waals surface area contributed by atoms with Gasteiger partial charge in [0, 0.05) is 42.1 Å². The Hall–Kier alpha value is -2.81. The average Bonchev–Trinajstić information content (AvgIpc) is 3.00. The van der Waals surface area contributed by atoms with E-state index in [1.165, 1.54) is 36.5 Å². The van der Waals surface area contributed by atoms with Crippen molar-refractivity contribution >= 4 is 16.9 Å². The van der Waals surface area contributed by atoms with E-state index in [1.807, 2.05) is 6.92 Å². The van der Waals surface area contributed by atoms with Crippen molar-refractivity contribution in [2.45, 2.75) is 38.0 Å². The summed E-state index contributed by atoms with van der Waals surface area (Å²) < 4.78 is 34.9. The third-order valence-electron chi connectivity index (χ3n) is 4.96. The zero-order valence-electron chi connectivity index (χ0n) is 16.1. The number of nitrogens with zero attached hydrogens (tertiary/aromatic N) is 4. The Labute approximate surface area is 170 Å². The van der Waals surface area contributed by atoms with Gasteiger partial charge in [0.25, 0.3) is 0 Å². The molecule has 0 radical (unpaired) electrons. The molecule has 3 aromatic rings. The fourth-order valence-corrected chi connectivity index (χ4v) is 4.93. The zero-order chi connectivity index (χ0) is 20.8. The van der Waals surface area contributed by atoms with E-state index in [9.17, 15) is 8.78 Å². The van der Waals surface area contributed by atoms with Gasteiger partial charge in [-0.1, -0.05) is 11.8 Å². The standard InChI is InChI=1S/C20H19F2N5OS/c1-10-18(26-11(2)28-10)17-6-20(3,27-19(23)29-17)14-4-13(15(21)5-16(14)22)12-7-24-9-25-8-12/h4-5,7-9,17H,6H2,1-3H3,(H2,23,27). The first kappa shape index (κ1) is 19.5. The molecule has 1 aliphatic heterocycles. The van der Waals surface area contributed by atoms with Crippen molar-refractivity contribution in [2.75, 3.05) is 0 Å². The maximum Gasteiger partial charge on any atom is 0.191 e. The van der Waals surface area contributed by atoms with E-state index in [0.717, 1.165) is 11.8 Å². The molecule has 2 unspecified atom stereocenters. The van der Waals surface area contributed by atoms with Gasteiger partial charge in [-0.2, -0.15) is 0 Å². The smallest absolute Gasteiger partial charge is 0.191 e. The number of rotatable bonds is 3. The summed E-state index contributed by atoms with van der Waals surface area (Å²) in [6.07, 6.45) is 4.74. The van der Waals surface area contributed by atoms with Crippen LogP contribution in [0.1, 0.15) is 41.5 Å². The molecule has 0 amide bonds. The summed E-state index contributed by atoms with van der Waals surface area (Å²) >= 11 is 1.36. The minimum absolute atomic E-state index is 0.164. The fourth-order valence-electron chi connectivity index (χ4n) is 3.65. The van der Waals surface area contributed by atoms with E-state index in [-0.39, 0.29) is 16.4 Å². The molecule has 0 aliphatic carbocycles. The molecule has 4 rings (SSSR count). The molecule has 150 valence electrons. The van der Waals surface area contributed by atoms with Crippen molar-refractivity contribution in [3.8, 4) is 11.1 Å². The third-order valence-corrected chi connectivity index (χ3v) is 5.96. The van der Waals surface area contributed by atoms with Crippen LogP contribution in [0.25, 0.3) is 11.1 Å². The van der Waals surface area contributed by atoms with Crippen LogP contribution in [0.2, 0.25) is 0 Å². The second-order valence-corrected chi connectivity index (χ2v) is 8.37. The lowest BCUT2D eigenvalue weighted by Crippen LogP contribution is -2.31. The van der Waals surface area contributed by atoms with Crippen LogP contribution in [0.5, 0.6) is 0 Å². The maximum atomic E-state index is 14.9. The van der Waals surface area contributed by atoms with E-state index in [4.69, 9.17) is 10.2 Å². The van der Waals surface area contributed by atoms with Gasteiger partial charge in [0.1, 0.15) is 23.7 Å². The Balaban J connectivity index is 1.80. The average molecular weight is 415 g/mol. The third kappa shape index (κ3) is 3.62. The number of hydrogen-bond acceptors (Lipinski definition) is 7. The van der Waals surface area contributed by atoms with E-state index in [0.29, 0.717) is 28.8 Å². The minimum atomic E-state index is -0.999. The van der Waals surface area contributed by atoms with Crippen LogP contribution in [0, 0.1) is 25.5 Å². The molecule has 29 heavy (non-hydrogen) atoms. The highest BCUT2D eigenvalue weighted by Crippen LogP contribution is 2.48. The highest BCUT2D eigenvalue weighted by Gasteiger charge is 2.39. The molecule has 2 aromatic heterocycles. The predicted molar refractivity (Wildman–Crippen MR) is 107 cm³/mol. The van der Waals surface area contributed by atoms with Crippen LogP contribution in [0.15, 0.2) is 40.3 Å². The fraction of sp³-hybridized carbons (Fsp3) is 0.300. The molecule has 6 nitrogen and oxygen atoms in total. The van der Waals surface area contributed by atoms with Crippen LogP contribution in [-0.2, 0) is 5.54 Å². The molecule has 0 saturated carbocycles. The normalized spacial score (nSPS) is 21.8. The van der Waals surface area contributed by atoms with Crippen molar-refractivity contribution in [2.24, 2.45) is 10.7 Å². The number of benzene rings is 1. The number of aliphatic imine (C=N–C) groups is 1. The van der Waals surface area contributed by atoms with Crippen molar-refractivity contribution < 1.29 is 13.2 Å². The first-order valence-electron chi connectivity index (χ1n) is 8.97. The zero-order valence-corrected chi connectivity index (χ0v) is 16.9. The van der Waals surface area contributed by atoms with Gasteiger partial charge in [-0.25, -0.2) is 23.7 Å². The molecule has 2 N–H and O–H groups in total. The molecule has 3 heterocycles. The maximum absolute atomic E-state index is 14.9. The molecule has 1 aromatic carbocycles. The molecule has 0 bridgehead atoms. The Bertz CT molecular complexity index is 1100. The molecule has 0 fully saturated rings. The van der Waals surface area contributed by atoms with E-state index >= 15 is 0 Å². The first-order valence-corrected chi connectivity index (χ1v) is 9.85. The summed E-state index contributed by atoms with van der Waals surface area (Å²) in [5.74, 6) is -0.119. The molecule has 0 saturated heterocycles. The number of hydrogen-bond donors (Lipinski definition) is 1.